The molecule has 1 aromatic rings. The molecule has 0 amide bonds. The van der Waals surface area contributed by atoms with Gasteiger partial charge in [0.05, 0.1) is 11.6 Å². The Labute approximate surface area is 105 Å². The lowest BCUT2D eigenvalue weighted by atomic mass is 10.3. The van der Waals surface area contributed by atoms with E-state index in [0.29, 0.717) is 19.0 Å². The Hall–Kier alpha value is -1.33. The Morgan fingerprint density at radius 3 is 2.82 bits per heavy atom. The first-order chi connectivity index (χ1) is 8.10. The van der Waals surface area contributed by atoms with Crippen molar-refractivity contribution in [2.45, 2.75) is 6.92 Å². The van der Waals surface area contributed by atoms with Gasteiger partial charge < -0.3 is 14.7 Å². The third-order valence-corrected chi connectivity index (χ3v) is 2.61. The second kappa shape index (κ2) is 6.42. The largest absolute Gasteiger partial charge is 0.476 e. The highest BCUT2D eigenvalue weighted by Gasteiger charge is 2.14. The van der Waals surface area contributed by atoms with Gasteiger partial charge in [-0.2, -0.15) is 0 Å². The lowest BCUT2D eigenvalue weighted by Crippen LogP contribution is -2.28. The van der Waals surface area contributed by atoms with Crippen molar-refractivity contribution >= 4 is 23.4 Å². The number of aromatic carboxylic acids is 1. The zero-order valence-electron chi connectivity index (χ0n) is 9.81. The van der Waals surface area contributed by atoms with Crippen LogP contribution in [-0.4, -0.2) is 42.9 Å². The van der Waals surface area contributed by atoms with E-state index in [9.17, 15) is 4.79 Å². The Morgan fingerprint density at radius 2 is 2.29 bits per heavy atom. The predicted molar refractivity (Wildman–Crippen MR) is 66.0 cm³/mol. The summed E-state index contributed by atoms with van der Waals surface area (Å²) in [6.07, 6.45) is 0. The molecule has 1 rings (SSSR count). The molecule has 0 fully saturated rings. The lowest BCUT2D eigenvalue weighted by molar-refractivity contribution is 0.0691. The number of nitrogens with zero attached hydrogens (tertiary/aromatic N) is 2. The Bertz CT molecular complexity index is 398. The van der Waals surface area contributed by atoms with Crippen molar-refractivity contribution in [3.8, 4) is 0 Å². The zero-order valence-corrected chi connectivity index (χ0v) is 10.6. The number of hydrogen-bond acceptors (Lipinski definition) is 4. The molecule has 0 aromatic carbocycles. The average molecular weight is 259 g/mol. The van der Waals surface area contributed by atoms with Gasteiger partial charge in [0.2, 0.25) is 0 Å². The SMILES string of the molecule is CCN(CCOC)c1ccc(Cl)c(C(=O)O)n1. The molecule has 0 unspecified atom stereocenters. The monoisotopic (exact) mass is 258 g/mol. The minimum Gasteiger partial charge on any atom is -0.476 e. The number of likely N-dealkylation sites (N-methyl/N-ethyl adjacent to an activating group) is 1. The topological polar surface area (TPSA) is 62.7 Å². The van der Waals surface area contributed by atoms with Crippen LogP contribution in [0.4, 0.5) is 5.82 Å². The molecule has 0 bridgehead atoms. The van der Waals surface area contributed by atoms with Gasteiger partial charge in [-0.05, 0) is 19.1 Å². The van der Waals surface area contributed by atoms with Crippen LogP contribution in [0.1, 0.15) is 17.4 Å². The maximum Gasteiger partial charge on any atom is 0.356 e. The van der Waals surface area contributed by atoms with Gasteiger partial charge in [-0.3, -0.25) is 0 Å². The van der Waals surface area contributed by atoms with Crippen molar-refractivity contribution in [3.63, 3.8) is 0 Å². The van der Waals surface area contributed by atoms with Crippen molar-refractivity contribution in [2.75, 3.05) is 31.7 Å². The fourth-order valence-corrected chi connectivity index (χ4v) is 1.58. The summed E-state index contributed by atoms with van der Waals surface area (Å²) in [4.78, 5) is 16.9. The number of halogens is 1. The summed E-state index contributed by atoms with van der Waals surface area (Å²) in [7, 11) is 1.62. The number of carbonyl (C=O) groups is 1. The first-order valence-electron chi connectivity index (χ1n) is 5.23. The fourth-order valence-electron chi connectivity index (χ4n) is 1.39. The number of hydrogen-bond donors (Lipinski definition) is 1. The molecule has 0 aliphatic carbocycles. The van der Waals surface area contributed by atoms with Gasteiger partial charge in [0.1, 0.15) is 5.82 Å². The molecule has 0 aliphatic rings. The molecule has 0 saturated heterocycles. The van der Waals surface area contributed by atoms with Crippen LogP contribution in [-0.2, 0) is 4.74 Å². The summed E-state index contributed by atoms with van der Waals surface area (Å²) >= 11 is 5.76. The van der Waals surface area contributed by atoms with E-state index in [0.717, 1.165) is 6.54 Å². The van der Waals surface area contributed by atoms with Gasteiger partial charge in [0.15, 0.2) is 5.69 Å². The maximum atomic E-state index is 10.9. The number of anilines is 1. The van der Waals surface area contributed by atoms with E-state index in [-0.39, 0.29) is 10.7 Å². The maximum absolute atomic E-state index is 10.9. The van der Waals surface area contributed by atoms with Crippen molar-refractivity contribution < 1.29 is 14.6 Å². The summed E-state index contributed by atoms with van der Waals surface area (Å²) in [5.41, 5.74) is -0.125. The second-order valence-electron chi connectivity index (χ2n) is 3.38. The van der Waals surface area contributed by atoms with E-state index in [4.69, 9.17) is 21.4 Å². The number of carboxylic acid groups (broad SMARTS) is 1. The van der Waals surface area contributed by atoms with Crippen molar-refractivity contribution in [1.29, 1.82) is 0 Å². The van der Waals surface area contributed by atoms with Gasteiger partial charge in [-0.15, -0.1) is 0 Å². The van der Waals surface area contributed by atoms with Gasteiger partial charge in [0.25, 0.3) is 0 Å². The number of pyridine rings is 1. The lowest BCUT2D eigenvalue weighted by Gasteiger charge is -2.21. The highest BCUT2D eigenvalue weighted by molar-refractivity contribution is 6.33. The molecule has 5 nitrogen and oxygen atoms in total. The smallest absolute Gasteiger partial charge is 0.356 e. The van der Waals surface area contributed by atoms with Crippen LogP contribution in [0.3, 0.4) is 0 Å². The Morgan fingerprint density at radius 1 is 1.59 bits per heavy atom. The highest BCUT2D eigenvalue weighted by atomic mass is 35.5. The van der Waals surface area contributed by atoms with Gasteiger partial charge >= 0.3 is 5.97 Å². The molecule has 94 valence electrons. The molecular formula is C11H15ClN2O3. The molecule has 0 saturated carbocycles. The Balaban J connectivity index is 2.96. The molecule has 6 heteroatoms. The molecular weight excluding hydrogens is 244 g/mol. The normalized spacial score (nSPS) is 10.3. The number of ether oxygens (including phenoxy) is 1. The minimum atomic E-state index is -1.13. The molecule has 0 atom stereocenters. The van der Waals surface area contributed by atoms with Crippen LogP contribution < -0.4 is 4.90 Å². The Kier molecular flexibility index (Phi) is 5.18. The van der Waals surface area contributed by atoms with E-state index in [1.165, 1.54) is 0 Å². The molecule has 17 heavy (non-hydrogen) atoms. The van der Waals surface area contributed by atoms with Crippen LogP contribution in [0, 0.1) is 0 Å². The summed E-state index contributed by atoms with van der Waals surface area (Å²) < 4.78 is 4.99. The number of methoxy groups -OCH3 is 1. The van der Waals surface area contributed by atoms with Crippen LogP contribution in [0.25, 0.3) is 0 Å². The quantitative estimate of drug-likeness (QED) is 0.844. The van der Waals surface area contributed by atoms with E-state index in [2.05, 4.69) is 4.98 Å². The second-order valence-corrected chi connectivity index (χ2v) is 3.78. The van der Waals surface area contributed by atoms with Crippen molar-refractivity contribution in [3.05, 3.63) is 22.8 Å². The predicted octanol–water partition coefficient (Wildman–Crippen LogP) is 1.91. The first-order valence-corrected chi connectivity index (χ1v) is 5.61. The average Bonchev–Trinajstić information content (AvgIpc) is 2.31. The summed E-state index contributed by atoms with van der Waals surface area (Å²) in [6.45, 7) is 3.89. The molecule has 0 radical (unpaired) electrons. The molecule has 1 N–H and O–H groups in total. The number of rotatable bonds is 6. The van der Waals surface area contributed by atoms with Crippen LogP contribution >= 0.6 is 11.6 Å². The van der Waals surface area contributed by atoms with Crippen molar-refractivity contribution in [2.24, 2.45) is 0 Å². The summed E-state index contributed by atoms with van der Waals surface area (Å²) in [5, 5.41) is 9.07. The zero-order chi connectivity index (χ0) is 12.8. The van der Waals surface area contributed by atoms with E-state index in [1.807, 2.05) is 11.8 Å². The molecule has 0 aliphatic heterocycles. The highest BCUT2D eigenvalue weighted by Crippen LogP contribution is 2.19. The molecule has 1 aromatic heterocycles. The van der Waals surface area contributed by atoms with Crippen LogP contribution in [0.15, 0.2) is 12.1 Å². The fraction of sp³-hybridized carbons (Fsp3) is 0.455. The first kappa shape index (κ1) is 13.7. The van der Waals surface area contributed by atoms with Gasteiger partial charge in [-0.1, -0.05) is 11.6 Å². The third kappa shape index (κ3) is 3.57. The number of aromatic nitrogens is 1. The summed E-state index contributed by atoms with van der Waals surface area (Å²) in [5.74, 6) is -0.536. The number of carboxylic acids is 1. The van der Waals surface area contributed by atoms with Gasteiger partial charge in [-0.25, -0.2) is 9.78 Å². The van der Waals surface area contributed by atoms with Crippen molar-refractivity contribution in [1.82, 2.24) is 4.98 Å². The summed E-state index contributed by atoms with van der Waals surface area (Å²) in [6, 6.07) is 3.25. The van der Waals surface area contributed by atoms with Crippen LogP contribution in [0.5, 0.6) is 0 Å². The van der Waals surface area contributed by atoms with E-state index < -0.39 is 5.97 Å². The van der Waals surface area contributed by atoms with E-state index >= 15 is 0 Å². The minimum absolute atomic E-state index is 0.125. The van der Waals surface area contributed by atoms with E-state index in [1.54, 1.807) is 19.2 Å². The third-order valence-electron chi connectivity index (χ3n) is 2.30. The standard InChI is InChI=1S/C11H15ClN2O3/c1-3-14(6-7-17-2)9-5-4-8(12)10(13-9)11(15)16/h4-5H,3,6-7H2,1-2H3,(H,15,16). The molecule has 0 spiro atoms. The van der Waals surface area contributed by atoms with Gasteiger partial charge in [0, 0.05) is 20.2 Å². The van der Waals surface area contributed by atoms with Crippen LogP contribution in [0.2, 0.25) is 5.02 Å². The molecule has 1 heterocycles.